The molecule has 0 aliphatic carbocycles. The highest BCUT2D eigenvalue weighted by molar-refractivity contribution is 7.92. The molecular formula is C27H19F3N4O4S. The zero-order valence-corrected chi connectivity index (χ0v) is 21.0. The molecular weight excluding hydrogens is 533 g/mol. The summed E-state index contributed by atoms with van der Waals surface area (Å²) in [4.78, 5) is 20.5. The molecule has 0 unspecified atom stereocenters. The monoisotopic (exact) mass is 552 g/mol. The zero-order valence-electron chi connectivity index (χ0n) is 20.2. The maximum absolute atomic E-state index is 13.2. The molecule has 39 heavy (non-hydrogen) atoms. The quantitative estimate of drug-likeness (QED) is 0.308. The third-order valence-corrected chi connectivity index (χ3v) is 7.29. The average molecular weight is 553 g/mol. The summed E-state index contributed by atoms with van der Waals surface area (Å²) in [6, 6.07) is 18.0. The molecule has 12 heteroatoms. The zero-order chi connectivity index (χ0) is 27.8. The normalized spacial score (nSPS) is 11.9. The van der Waals surface area contributed by atoms with Gasteiger partial charge in [0.25, 0.3) is 15.6 Å². The van der Waals surface area contributed by atoms with E-state index in [0.717, 1.165) is 12.1 Å². The Morgan fingerprint density at radius 2 is 1.72 bits per heavy atom. The molecule has 0 atom stereocenters. The first kappa shape index (κ1) is 25.9. The van der Waals surface area contributed by atoms with Gasteiger partial charge in [-0.3, -0.25) is 14.1 Å². The van der Waals surface area contributed by atoms with Gasteiger partial charge in [0, 0.05) is 17.6 Å². The lowest BCUT2D eigenvalue weighted by molar-refractivity contribution is -0.137. The van der Waals surface area contributed by atoms with Crippen LogP contribution in [0.4, 0.5) is 19.0 Å². The van der Waals surface area contributed by atoms with E-state index in [4.69, 9.17) is 4.74 Å². The van der Waals surface area contributed by atoms with E-state index in [0.29, 0.717) is 27.7 Å². The minimum atomic E-state index is -4.49. The third-order valence-electron chi connectivity index (χ3n) is 5.94. The molecule has 0 saturated carbocycles. The molecule has 1 N–H and O–H groups in total. The first-order valence-electron chi connectivity index (χ1n) is 11.4. The van der Waals surface area contributed by atoms with Gasteiger partial charge in [-0.2, -0.15) is 13.2 Å². The number of hydrogen-bond acceptors (Lipinski definition) is 6. The summed E-state index contributed by atoms with van der Waals surface area (Å²) in [5.41, 5.74) is 0.313. The number of ether oxygens (including phenoxy) is 1. The van der Waals surface area contributed by atoms with Crippen molar-refractivity contribution in [1.82, 2.24) is 14.5 Å². The first-order valence-corrected chi connectivity index (χ1v) is 12.9. The molecule has 0 radical (unpaired) electrons. The molecule has 0 fully saturated rings. The Bertz CT molecular complexity index is 1860. The summed E-state index contributed by atoms with van der Waals surface area (Å²) in [7, 11) is -2.60. The third kappa shape index (κ3) is 5.18. The van der Waals surface area contributed by atoms with Crippen molar-refractivity contribution in [2.75, 3.05) is 11.8 Å². The van der Waals surface area contributed by atoms with Gasteiger partial charge in [0.05, 0.1) is 28.8 Å². The molecule has 0 aliphatic heterocycles. The van der Waals surface area contributed by atoms with Gasteiger partial charge in [-0.1, -0.05) is 18.2 Å². The van der Waals surface area contributed by atoms with Gasteiger partial charge in [0.1, 0.15) is 17.9 Å². The molecule has 5 rings (SSSR count). The van der Waals surface area contributed by atoms with Gasteiger partial charge in [-0.15, -0.1) is 0 Å². The fourth-order valence-electron chi connectivity index (χ4n) is 4.10. The lowest BCUT2D eigenvalue weighted by Crippen LogP contribution is -2.19. The lowest BCUT2D eigenvalue weighted by atomic mass is 10.0. The molecule has 0 spiro atoms. The molecule has 198 valence electrons. The van der Waals surface area contributed by atoms with E-state index in [1.807, 2.05) is 0 Å². The fraction of sp³-hybridized carbons (Fsp3) is 0.0741. The van der Waals surface area contributed by atoms with E-state index >= 15 is 0 Å². The molecule has 3 aromatic carbocycles. The van der Waals surface area contributed by atoms with Crippen LogP contribution in [0.15, 0.2) is 101 Å². The largest absolute Gasteiger partial charge is 0.495 e. The van der Waals surface area contributed by atoms with Crippen LogP contribution in [0.3, 0.4) is 0 Å². The predicted molar refractivity (Wildman–Crippen MR) is 139 cm³/mol. The van der Waals surface area contributed by atoms with Crippen LogP contribution in [0.2, 0.25) is 0 Å². The summed E-state index contributed by atoms with van der Waals surface area (Å²) in [6.45, 7) is 0. The van der Waals surface area contributed by atoms with Gasteiger partial charge in [0.2, 0.25) is 0 Å². The van der Waals surface area contributed by atoms with Crippen LogP contribution < -0.4 is 15.0 Å². The van der Waals surface area contributed by atoms with Crippen molar-refractivity contribution in [1.29, 1.82) is 0 Å². The van der Waals surface area contributed by atoms with E-state index < -0.39 is 27.3 Å². The summed E-state index contributed by atoms with van der Waals surface area (Å²) in [5.74, 6) is 0.335. The topological polar surface area (TPSA) is 103 Å². The van der Waals surface area contributed by atoms with E-state index in [1.54, 1.807) is 24.3 Å². The summed E-state index contributed by atoms with van der Waals surface area (Å²) < 4.78 is 74.6. The predicted octanol–water partition coefficient (Wildman–Crippen LogP) is 5.28. The van der Waals surface area contributed by atoms with Gasteiger partial charge >= 0.3 is 6.18 Å². The molecule has 0 amide bonds. The highest BCUT2D eigenvalue weighted by Crippen LogP contribution is 2.35. The number of methoxy groups -OCH3 is 1. The molecule has 0 bridgehead atoms. The number of aromatic nitrogens is 3. The summed E-state index contributed by atoms with van der Waals surface area (Å²) in [5, 5.41) is 0.448. The van der Waals surface area contributed by atoms with Gasteiger partial charge in [0.15, 0.2) is 0 Å². The SMILES string of the molecule is COc1cc(-c2cccc(C(F)(F)F)c2)ccc1-n1c(=O)ccc2cc(S(=O)(=O)Nc3ccncn3)ccc21. The van der Waals surface area contributed by atoms with Crippen LogP contribution in [-0.4, -0.2) is 30.1 Å². The number of hydrogen-bond donors (Lipinski definition) is 1. The van der Waals surface area contributed by atoms with Crippen molar-refractivity contribution in [2.45, 2.75) is 11.1 Å². The number of rotatable bonds is 6. The maximum Gasteiger partial charge on any atom is 0.416 e. The minimum absolute atomic E-state index is 0.0503. The van der Waals surface area contributed by atoms with Crippen LogP contribution in [0.1, 0.15) is 5.56 Å². The number of anilines is 1. The number of nitrogens with zero attached hydrogens (tertiary/aromatic N) is 3. The number of fused-ring (bicyclic) bond motifs is 1. The van der Waals surface area contributed by atoms with E-state index in [1.165, 1.54) is 66.7 Å². The van der Waals surface area contributed by atoms with Crippen molar-refractivity contribution in [2.24, 2.45) is 0 Å². The van der Waals surface area contributed by atoms with Crippen molar-refractivity contribution in [3.05, 3.63) is 107 Å². The van der Waals surface area contributed by atoms with Crippen molar-refractivity contribution in [3.63, 3.8) is 0 Å². The highest BCUT2D eigenvalue weighted by atomic mass is 32.2. The smallest absolute Gasteiger partial charge is 0.416 e. The Balaban J connectivity index is 1.58. The standard InChI is InChI=1S/C27H19F3N4O4S/c1-38-24-15-18(17-3-2-4-20(13-17)27(28,29)30)5-8-23(24)34-22-9-7-21(14-19(22)6-10-26(34)35)39(36,37)33-25-11-12-31-16-32-25/h2-16H,1H3,(H,31,32,33). The van der Waals surface area contributed by atoms with Crippen LogP contribution in [0.5, 0.6) is 5.75 Å². The van der Waals surface area contributed by atoms with Crippen molar-refractivity contribution >= 4 is 26.7 Å². The second-order valence-electron chi connectivity index (χ2n) is 8.39. The van der Waals surface area contributed by atoms with Gasteiger partial charge in [-0.05, 0) is 65.7 Å². The second-order valence-corrected chi connectivity index (χ2v) is 10.1. The fourth-order valence-corrected chi connectivity index (χ4v) is 5.15. The van der Waals surface area contributed by atoms with Crippen LogP contribution in [-0.2, 0) is 16.2 Å². The highest BCUT2D eigenvalue weighted by Gasteiger charge is 2.30. The Labute approximate surface area is 220 Å². The summed E-state index contributed by atoms with van der Waals surface area (Å²) in [6.07, 6.45) is -1.88. The molecule has 2 aromatic heterocycles. The number of nitrogens with one attached hydrogen (secondary N) is 1. The van der Waals surface area contributed by atoms with E-state index in [9.17, 15) is 26.4 Å². The van der Waals surface area contributed by atoms with E-state index in [-0.39, 0.29) is 16.5 Å². The Morgan fingerprint density at radius 3 is 2.44 bits per heavy atom. The Morgan fingerprint density at radius 1 is 0.923 bits per heavy atom. The lowest BCUT2D eigenvalue weighted by Gasteiger charge is -2.16. The van der Waals surface area contributed by atoms with Crippen molar-refractivity contribution < 1.29 is 26.3 Å². The first-order chi connectivity index (χ1) is 18.6. The maximum atomic E-state index is 13.2. The molecule has 0 saturated heterocycles. The summed E-state index contributed by atoms with van der Waals surface area (Å²) >= 11 is 0. The van der Waals surface area contributed by atoms with Gasteiger partial charge < -0.3 is 4.74 Å². The minimum Gasteiger partial charge on any atom is -0.495 e. The Kier molecular flexibility index (Phi) is 6.56. The second kappa shape index (κ2) is 9.87. The number of benzene rings is 3. The number of halogens is 3. The molecule has 0 aliphatic rings. The molecule has 5 aromatic rings. The average Bonchev–Trinajstić information content (AvgIpc) is 2.92. The van der Waals surface area contributed by atoms with Gasteiger partial charge in [-0.25, -0.2) is 18.4 Å². The van der Waals surface area contributed by atoms with Crippen LogP contribution >= 0.6 is 0 Å². The number of pyridine rings is 1. The Hall–Kier alpha value is -4.71. The number of sulfonamides is 1. The molecule has 2 heterocycles. The van der Waals surface area contributed by atoms with E-state index in [2.05, 4.69) is 14.7 Å². The van der Waals surface area contributed by atoms with Crippen molar-refractivity contribution in [3.8, 4) is 22.6 Å². The molecule has 8 nitrogen and oxygen atoms in total. The van der Waals surface area contributed by atoms with Crippen LogP contribution in [0, 0.1) is 0 Å². The number of alkyl halides is 3. The van der Waals surface area contributed by atoms with Crippen LogP contribution in [0.25, 0.3) is 27.7 Å².